The standard InChI is InChI=1S/C20H18ClN3O4/c1-26-16-7-6-12(8-17(16)27-2)19-22-20(28-23-19)13-9-18(25)24(11-13)15-5-3-4-14(21)10-15/h3-8,10,13H,9,11H2,1-2H3. The molecule has 7 nitrogen and oxygen atoms in total. The van der Waals surface area contributed by atoms with Gasteiger partial charge in [0.25, 0.3) is 0 Å². The number of hydrogen-bond donors (Lipinski definition) is 0. The molecule has 1 aromatic heterocycles. The third-order valence-corrected chi connectivity index (χ3v) is 4.91. The van der Waals surface area contributed by atoms with Crippen LogP contribution < -0.4 is 14.4 Å². The van der Waals surface area contributed by atoms with Crippen LogP contribution in [0.1, 0.15) is 18.2 Å². The van der Waals surface area contributed by atoms with Gasteiger partial charge in [-0.1, -0.05) is 22.8 Å². The molecule has 1 atom stereocenters. The highest BCUT2D eigenvalue weighted by Gasteiger charge is 2.35. The van der Waals surface area contributed by atoms with Crippen molar-refractivity contribution in [2.45, 2.75) is 12.3 Å². The topological polar surface area (TPSA) is 77.7 Å². The van der Waals surface area contributed by atoms with Gasteiger partial charge in [0.05, 0.1) is 20.1 Å². The van der Waals surface area contributed by atoms with E-state index < -0.39 is 0 Å². The number of hydrogen-bond acceptors (Lipinski definition) is 6. The molecular weight excluding hydrogens is 382 g/mol. The summed E-state index contributed by atoms with van der Waals surface area (Å²) in [6.45, 7) is 0.465. The van der Waals surface area contributed by atoms with Crippen LogP contribution in [-0.4, -0.2) is 36.8 Å². The van der Waals surface area contributed by atoms with Crippen LogP contribution in [0.15, 0.2) is 47.0 Å². The maximum absolute atomic E-state index is 12.5. The summed E-state index contributed by atoms with van der Waals surface area (Å²) in [6, 6.07) is 12.6. The van der Waals surface area contributed by atoms with Crippen LogP contribution in [-0.2, 0) is 4.79 Å². The minimum Gasteiger partial charge on any atom is -0.493 e. The maximum atomic E-state index is 12.5. The van der Waals surface area contributed by atoms with Crippen molar-refractivity contribution in [2.24, 2.45) is 0 Å². The molecule has 3 aromatic rings. The number of carbonyl (C=O) groups excluding carboxylic acids is 1. The Morgan fingerprint density at radius 3 is 2.71 bits per heavy atom. The molecule has 1 aliphatic rings. The smallest absolute Gasteiger partial charge is 0.232 e. The van der Waals surface area contributed by atoms with E-state index in [1.807, 2.05) is 18.2 Å². The average Bonchev–Trinajstić information content (AvgIpc) is 3.34. The molecular formula is C20H18ClN3O4. The predicted octanol–water partition coefficient (Wildman–Crippen LogP) is 3.93. The van der Waals surface area contributed by atoms with Gasteiger partial charge in [0.2, 0.25) is 17.6 Å². The lowest BCUT2D eigenvalue weighted by atomic mass is 10.1. The first kappa shape index (κ1) is 18.3. The van der Waals surface area contributed by atoms with Crippen molar-refractivity contribution in [3.63, 3.8) is 0 Å². The van der Waals surface area contributed by atoms with Gasteiger partial charge < -0.3 is 18.9 Å². The second-order valence-electron chi connectivity index (χ2n) is 6.41. The molecule has 8 heteroatoms. The molecule has 1 amide bonds. The van der Waals surface area contributed by atoms with Crippen molar-refractivity contribution < 1.29 is 18.8 Å². The van der Waals surface area contributed by atoms with E-state index in [2.05, 4.69) is 10.1 Å². The molecule has 0 saturated carbocycles. The predicted molar refractivity (Wildman–Crippen MR) is 104 cm³/mol. The van der Waals surface area contributed by atoms with E-state index in [1.54, 1.807) is 43.4 Å². The van der Waals surface area contributed by atoms with Crippen molar-refractivity contribution in [3.8, 4) is 22.9 Å². The summed E-state index contributed by atoms with van der Waals surface area (Å²) in [5.74, 6) is 1.89. The molecule has 0 spiro atoms. The maximum Gasteiger partial charge on any atom is 0.232 e. The van der Waals surface area contributed by atoms with Gasteiger partial charge in [-0.25, -0.2) is 0 Å². The Labute approximate surface area is 166 Å². The first-order valence-corrected chi connectivity index (χ1v) is 9.08. The Hall–Kier alpha value is -3.06. The van der Waals surface area contributed by atoms with Gasteiger partial charge in [-0.2, -0.15) is 4.98 Å². The number of ether oxygens (including phenoxy) is 2. The fourth-order valence-corrected chi connectivity index (χ4v) is 3.44. The number of carbonyl (C=O) groups is 1. The van der Waals surface area contributed by atoms with Crippen molar-refractivity contribution in [3.05, 3.63) is 53.4 Å². The number of amides is 1. The number of aromatic nitrogens is 2. The number of nitrogens with zero attached hydrogens (tertiary/aromatic N) is 3. The van der Waals surface area contributed by atoms with E-state index in [9.17, 15) is 4.79 Å². The first-order chi connectivity index (χ1) is 13.6. The molecule has 1 unspecified atom stereocenters. The van der Waals surface area contributed by atoms with Crippen LogP contribution in [0.2, 0.25) is 5.02 Å². The molecule has 0 radical (unpaired) electrons. The average molecular weight is 400 g/mol. The minimum absolute atomic E-state index is 0.00173. The molecule has 0 aliphatic carbocycles. The van der Waals surface area contributed by atoms with E-state index in [-0.39, 0.29) is 11.8 Å². The molecule has 0 N–H and O–H groups in total. The summed E-state index contributed by atoms with van der Waals surface area (Å²) < 4.78 is 16.0. The largest absolute Gasteiger partial charge is 0.493 e. The Kier molecular flexibility index (Phi) is 4.92. The van der Waals surface area contributed by atoms with E-state index in [0.717, 1.165) is 11.3 Å². The molecule has 4 rings (SSSR count). The van der Waals surface area contributed by atoms with Crippen LogP contribution in [0.5, 0.6) is 11.5 Å². The van der Waals surface area contributed by atoms with Crippen LogP contribution in [0.3, 0.4) is 0 Å². The number of benzene rings is 2. The van der Waals surface area contributed by atoms with Crippen molar-refractivity contribution in [1.29, 1.82) is 0 Å². The second-order valence-corrected chi connectivity index (χ2v) is 6.85. The van der Waals surface area contributed by atoms with E-state index in [4.69, 9.17) is 25.6 Å². The summed E-state index contributed by atoms with van der Waals surface area (Å²) in [5.41, 5.74) is 1.50. The van der Waals surface area contributed by atoms with Gasteiger partial charge in [-0.15, -0.1) is 0 Å². The van der Waals surface area contributed by atoms with Crippen molar-refractivity contribution in [2.75, 3.05) is 25.7 Å². The van der Waals surface area contributed by atoms with Gasteiger partial charge in [-0.05, 0) is 36.4 Å². The highest BCUT2D eigenvalue weighted by Crippen LogP contribution is 2.34. The lowest BCUT2D eigenvalue weighted by Gasteiger charge is -2.16. The zero-order valence-electron chi connectivity index (χ0n) is 15.4. The lowest BCUT2D eigenvalue weighted by molar-refractivity contribution is -0.117. The quantitative estimate of drug-likeness (QED) is 0.647. The summed E-state index contributed by atoms with van der Waals surface area (Å²) in [4.78, 5) is 18.6. The van der Waals surface area contributed by atoms with Crippen LogP contribution in [0, 0.1) is 0 Å². The molecule has 28 heavy (non-hydrogen) atoms. The highest BCUT2D eigenvalue weighted by molar-refractivity contribution is 6.30. The van der Waals surface area contributed by atoms with E-state index >= 15 is 0 Å². The Balaban J connectivity index is 1.56. The lowest BCUT2D eigenvalue weighted by Crippen LogP contribution is -2.24. The SMILES string of the molecule is COc1ccc(-c2noc(C3CC(=O)N(c4cccc(Cl)c4)C3)n2)cc1OC. The monoisotopic (exact) mass is 399 g/mol. The second kappa shape index (κ2) is 7.52. The van der Waals surface area contributed by atoms with Crippen molar-refractivity contribution in [1.82, 2.24) is 10.1 Å². The van der Waals surface area contributed by atoms with Crippen LogP contribution >= 0.6 is 11.6 Å². The van der Waals surface area contributed by atoms with E-state index in [1.165, 1.54) is 0 Å². The van der Waals surface area contributed by atoms with Gasteiger partial charge in [-0.3, -0.25) is 4.79 Å². The molecule has 1 fully saturated rings. The summed E-state index contributed by atoms with van der Waals surface area (Å²) >= 11 is 6.04. The summed E-state index contributed by atoms with van der Waals surface area (Å²) in [5, 5.41) is 4.65. The fraction of sp³-hybridized carbons (Fsp3) is 0.250. The van der Waals surface area contributed by atoms with Gasteiger partial charge >= 0.3 is 0 Å². The zero-order valence-corrected chi connectivity index (χ0v) is 16.1. The molecule has 144 valence electrons. The van der Waals surface area contributed by atoms with E-state index in [0.29, 0.717) is 41.2 Å². The molecule has 2 aromatic carbocycles. The number of methoxy groups -OCH3 is 2. The number of rotatable bonds is 5. The highest BCUT2D eigenvalue weighted by atomic mass is 35.5. The molecule has 1 aliphatic heterocycles. The molecule has 1 saturated heterocycles. The third-order valence-electron chi connectivity index (χ3n) is 4.68. The Morgan fingerprint density at radius 2 is 1.96 bits per heavy atom. The molecule has 0 bridgehead atoms. The number of halogens is 1. The van der Waals surface area contributed by atoms with Crippen molar-refractivity contribution >= 4 is 23.2 Å². The Morgan fingerprint density at radius 1 is 1.14 bits per heavy atom. The van der Waals surface area contributed by atoms with Gasteiger partial charge in [0.15, 0.2) is 11.5 Å². The third kappa shape index (κ3) is 3.41. The number of anilines is 1. The van der Waals surface area contributed by atoms with Gasteiger partial charge in [0, 0.05) is 29.2 Å². The fourth-order valence-electron chi connectivity index (χ4n) is 3.26. The minimum atomic E-state index is -0.173. The summed E-state index contributed by atoms with van der Waals surface area (Å²) in [6.07, 6.45) is 0.306. The summed E-state index contributed by atoms with van der Waals surface area (Å²) in [7, 11) is 3.14. The Bertz CT molecular complexity index is 1020. The zero-order chi connectivity index (χ0) is 19.7. The van der Waals surface area contributed by atoms with Gasteiger partial charge in [0.1, 0.15) is 0 Å². The normalized spacial score (nSPS) is 16.5. The first-order valence-electron chi connectivity index (χ1n) is 8.71. The molecule has 2 heterocycles. The van der Waals surface area contributed by atoms with Crippen LogP contribution in [0.25, 0.3) is 11.4 Å². The van der Waals surface area contributed by atoms with Crippen LogP contribution in [0.4, 0.5) is 5.69 Å².